The van der Waals surface area contributed by atoms with E-state index in [9.17, 15) is 9.18 Å². The molecule has 3 heterocycles. The molecular weight excluding hydrogens is 419 g/mol. The largest absolute Gasteiger partial charge is 0.495 e. The van der Waals surface area contributed by atoms with Gasteiger partial charge in [-0.15, -0.1) is 0 Å². The number of nitrogens with zero attached hydrogens (tertiary/aromatic N) is 4. The molecule has 33 heavy (non-hydrogen) atoms. The van der Waals surface area contributed by atoms with E-state index >= 15 is 0 Å². The highest BCUT2D eigenvalue weighted by Crippen LogP contribution is 2.36. The molecule has 0 saturated carbocycles. The second-order valence-corrected chi connectivity index (χ2v) is 8.35. The van der Waals surface area contributed by atoms with Gasteiger partial charge in [-0.1, -0.05) is 18.2 Å². The molecule has 3 aromatic rings. The van der Waals surface area contributed by atoms with Crippen molar-refractivity contribution in [2.24, 2.45) is 4.99 Å². The molecule has 1 atom stereocenters. The van der Waals surface area contributed by atoms with Gasteiger partial charge in [-0.25, -0.2) is 9.37 Å². The summed E-state index contributed by atoms with van der Waals surface area (Å²) in [4.78, 5) is 23.7. The van der Waals surface area contributed by atoms with Crippen LogP contribution in [0.1, 0.15) is 42.1 Å². The Labute approximate surface area is 192 Å². The molecule has 5 rings (SSSR count). The van der Waals surface area contributed by atoms with Crippen LogP contribution in [0, 0.1) is 12.7 Å². The predicted octanol–water partition coefficient (Wildman–Crippen LogP) is 4.88. The van der Waals surface area contributed by atoms with Gasteiger partial charge in [0.25, 0.3) is 0 Å². The number of amidine groups is 1. The van der Waals surface area contributed by atoms with Crippen molar-refractivity contribution in [3.05, 3.63) is 83.2 Å². The summed E-state index contributed by atoms with van der Waals surface area (Å²) in [6.07, 6.45) is 7.58. The fourth-order valence-electron chi connectivity index (χ4n) is 4.56. The highest BCUT2D eigenvalue weighted by Gasteiger charge is 2.36. The maximum absolute atomic E-state index is 13.4. The van der Waals surface area contributed by atoms with Gasteiger partial charge < -0.3 is 9.30 Å². The number of carbonyl (C=O) groups excluding carboxylic acids is 1. The molecule has 1 fully saturated rings. The van der Waals surface area contributed by atoms with E-state index in [1.165, 1.54) is 12.1 Å². The lowest BCUT2D eigenvalue weighted by molar-refractivity contribution is -0.130. The zero-order valence-corrected chi connectivity index (χ0v) is 18.7. The van der Waals surface area contributed by atoms with E-state index in [1.54, 1.807) is 30.5 Å². The van der Waals surface area contributed by atoms with E-state index in [0.29, 0.717) is 19.4 Å². The second-order valence-electron chi connectivity index (χ2n) is 8.35. The van der Waals surface area contributed by atoms with Gasteiger partial charge in [-0.3, -0.25) is 14.7 Å². The number of ether oxygens (including phenoxy) is 1. The van der Waals surface area contributed by atoms with Gasteiger partial charge >= 0.3 is 0 Å². The first-order valence-corrected chi connectivity index (χ1v) is 11.1. The number of amides is 1. The molecular formula is C26H25FN4O2. The number of hydrogen-bond acceptors (Lipinski definition) is 4. The molecule has 6 nitrogen and oxygen atoms in total. The normalized spacial score (nSPS) is 19.4. The number of aryl methyl sites for hydroxylation is 1. The molecule has 7 heteroatoms. The second kappa shape index (κ2) is 8.65. The maximum atomic E-state index is 13.4. The van der Waals surface area contributed by atoms with Crippen LogP contribution in [0.4, 0.5) is 4.39 Å². The van der Waals surface area contributed by atoms with E-state index in [2.05, 4.69) is 11.1 Å². The minimum atomic E-state index is -0.280. The van der Waals surface area contributed by atoms with Crippen molar-refractivity contribution < 1.29 is 13.9 Å². The highest BCUT2D eigenvalue weighted by atomic mass is 19.1. The summed E-state index contributed by atoms with van der Waals surface area (Å²) in [6.45, 7) is 2.57. The zero-order chi connectivity index (χ0) is 22.9. The molecule has 2 aromatic carbocycles. The summed E-state index contributed by atoms with van der Waals surface area (Å²) in [6, 6.07) is 12.3. The van der Waals surface area contributed by atoms with Crippen molar-refractivity contribution >= 4 is 17.8 Å². The van der Waals surface area contributed by atoms with Crippen LogP contribution >= 0.6 is 0 Å². The smallest absolute Gasteiger partial charge is 0.229 e. The van der Waals surface area contributed by atoms with E-state index in [1.807, 2.05) is 35.9 Å². The molecule has 0 radical (unpaired) electrons. The van der Waals surface area contributed by atoms with Crippen LogP contribution in [-0.4, -0.2) is 39.8 Å². The Morgan fingerprint density at radius 2 is 1.97 bits per heavy atom. The molecule has 1 amide bonds. The fourth-order valence-corrected chi connectivity index (χ4v) is 4.56. The molecule has 1 aromatic heterocycles. The lowest BCUT2D eigenvalue weighted by Gasteiger charge is -2.39. The molecule has 168 valence electrons. The Morgan fingerprint density at radius 3 is 2.70 bits per heavy atom. The highest BCUT2D eigenvalue weighted by molar-refractivity contribution is 6.13. The monoisotopic (exact) mass is 444 g/mol. The van der Waals surface area contributed by atoms with Gasteiger partial charge in [-0.05, 0) is 66.8 Å². The number of imidazole rings is 1. The van der Waals surface area contributed by atoms with E-state index in [-0.39, 0.29) is 17.8 Å². The molecule has 0 N–H and O–H groups in total. The standard InChI is InChI=1S/C26H25FN4O2/c1-17-15-30(16-29-17)23-9-3-18(14-24(23)33-2)13-20-6-10-25(32)31-22(11-12-28-26(20)31)19-4-7-21(27)8-5-19/h3-5,7-9,13-16,22H,6,10-12H2,1-2H3. The fraction of sp³-hybridized carbons (Fsp3) is 0.269. The molecule has 2 aliphatic rings. The first-order chi connectivity index (χ1) is 16.0. The van der Waals surface area contributed by atoms with Gasteiger partial charge in [0.15, 0.2) is 0 Å². The summed E-state index contributed by atoms with van der Waals surface area (Å²) >= 11 is 0. The summed E-state index contributed by atoms with van der Waals surface area (Å²) in [5.41, 5.74) is 4.77. The topological polar surface area (TPSA) is 59.7 Å². The maximum Gasteiger partial charge on any atom is 0.229 e. The molecule has 1 saturated heterocycles. The number of hydrogen-bond donors (Lipinski definition) is 0. The van der Waals surface area contributed by atoms with Gasteiger partial charge in [0, 0.05) is 19.2 Å². The number of aliphatic imine (C=N–C) groups is 1. The van der Waals surface area contributed by atoms with Crippen molar-refractivity contribution in [1.29, 1.82) is 0 Å². The number of rotatable bonds is 4. The number of carbonyl (C=O) groups is 1. The Hall–Kier alpha value is -3.74. The van der Waals surface area contributed by atoms with Crippen molar-refractivity contribution in [1.82, 2.24) is 14.5 Å². The Kier molecular flexibility index (Phi) is 5.54. The molecule has 0 spiro atoms. The van der Waals surface area contributed by atoms with Crippen LogP contribution in [-0.2, 0) is 4.79 Å². The van der Waals surface area contributed by atoms with Gasteiger partial charge in [0.05, 0.1) is 30.9 Å². The molecule has 2 aliphatic heterocycles. The third-order valence-corrected chi connectivity index (χ3v) is 6.16. The number of aromatic nitrogens is 2. The number of methoxy groups -OCH3 is 1. The van der Waals surface area contributed by atoms with Gasteiger partial charge in [0.2, 0.25) is 5.91 Å². The van der Waals surface area contributed by atoms with Crippen LogP contribution in [0.3, 0.4) is 0 Å². The van der Waals surface area contributed by atoms with E-state index in [4.69, 9.17) is 9.73 Å². The predicted molar refractivity (Wildman–Crippen MR) is 125 cm³/mol. The van der Waals surface area contributed by atoms with E-state index in [0.717, 1.165) is 46.1 Å². The Bertz CT molecular complexity index is 1260. The van der Waals surface area contributed by atoms with Crippen molar-refractivity contribution in [2.45, 2.75) is 32.2 Å². The van der Waals surface area contributed by atoms with E-state index < -0.39 is 0 Å². The van der Waals surface area contributed by atoms with Crippen LogP contribution in [0.15, 0.2) is 65.6 Å². The lowest BCUT2D eigenvalue weighted by atomic mass is 9.92. The summed E-state index contributed by atoms with van der Waals surface area (Å²) in [5.74, 6) is 1.24. The molecule has 0 bridgehead atoms. The van der Waals surface area contributed by atoms with Crippen molar-refractivity contribution in [3.63, 3.8) is 0 Å². The van der Waals surface area contributed by atoms with Gasteiger partial charge in [0.1, 0.15) is 17.4 Å². The third kappa shape index (κ3) is 4.06. The van der Waals surface area contributed by atoms with Crippen molar-refractivity contribution in [2.75, 3.05) is 13.7 Å². The zero-order valence-electron chi connectivity index (χ0n) is 18.7. The first kappa shape index (κ1) is 21.1. The van der Waals surface area contributed by atoms with Crippen LogP contribution < -0.4 is 4.74 Å². The average Bonchev–Trinajstić information content (AvgIpc) is 3.27. The first-order valence-electron chi connectivity index (χ1n) is 11.1. The third-order valence-electron chi connectivity index (χ3n) is 6.16. The minimum Gasteiger partial charge on any atom is -0.495 e. The lowest BCUT2D eigenvalue weighted by Crippen LogP contribution is -2.46. The van der Waals surface area contributed by atoms with Crippen LogP contribution in [0.25, 0.3) is 11.8 Å². The Morgan fingerprint density at radius 1 is 1.15 bits per heavy atom. The van der Waals surface area contributed by atoms with Crippen molar-refractivity contribution in [3.8, 4) is 11.4 Å². The number of halogens is 1. The SMILES string of the molecule is COc1cc(C=C2CCC(=O)N3C2=NCCC3c2ccc(F)cc2)ccc1-n1cnc(C)c1. The number of piperidine rings is 1. The molecule has 0 aliphatic carbocycles. The van der Waals surface area contributed by atoms with Crippen LogP contribution in [0.2, 0.25) is 0 Å². The quantitative estimate of drug-likeness (QED) is 0.576. The van der Waals surface area contributed by atoms with Gasteiger partial charge in [-0.2, -0.15) is 0 Å². The number of fused-ring (bicyclic) bond motifs is 1. The van der Waals surface area contributed by atoms with Crippen LogP contribution in [0.5, 0.6) is 5.75 Å². The summed E-state index contributed by atoms with van der Waals surface area (Å²) in [5, 5.41) is 0. The summed E-state index contributed by atoms with van der Waals surface area (Å²) < 4.78 is 21.0. The minimum absolute atomic E-state index is 0.0586. The summed E-state index contributed by atoms with van der Waals surface area (Å²) in [7, 11) is 1.65. The average molecular weight is 445 g/mol. The number of benzene rings is 2. The molecule has 1 unspecified atom stereocenters. The Balaban J connectivity index is 1.48.